The number of aromatic nitrogens is 1. The molecule has 1 fully saturated rings. The number of benzene rings is 1. The largest absolute Gasteiger partial charge is 0.354 e. The number of para-hydroxylation sites is 1. The second-order valence-corrected chi connectivity index (χ2v) is 4.19. The van der Waals surface area contributed by atoms with E-state index in [1.54, 1.807) is 0 Å². The molecule has 0 saturated carbocycles. The maximum atomic E-state index is 5.42. The van der Waals surface area contributed by atoms with Gasteiger partial charge in [-0.2, -0.15) is 0 Å². The van der Waals surface area contributed by atoms with Crippen LogP contribution < -0.4 is 10.2 Å². The zero-order valence-electron chi connectivity index (χ0n) is 9.36. The van der Waals surface area contributed by atoms with Gasteiger partial charge in [0.1, 0.15) is 0 Å². The van der Waals surface area contributed by atoms with Crippen molar-refractivity contribution in [1.82, 2.24) is 10.5 Å². The molecule has 1 aromatic carbocycles. The molecule has 0 spiro atoms. The number of nitrogens with one attached hydrogen (secondary N) is 1. The molecular weight excluding hydrogens is 202 g/mol. The Kier molecular flexibility index (Phi) is 2.29. The van der Waals surface area contributed by atoms with Crippen LogP contribution in [0.15, 0.2) is 22.7 Å². The summed E-state index contributed by atoms with van der Waals surface area (Å²) in [6.07, 6.45) is 0. The number of anilines is 1. The van der Waals surface area contributed by atoms with Crippen LogP contribution in [0.4, 0.5) is 5.82 Å². The van der Waals surface area contributed by atoms with E-state index < -0.39 is 0 Å². The lowest BCUT2D eigenvalue weighted by molar-refractivity contribution is 0.449. The van der Waals surface area contributed by atoms with Crippen molar-refractivity contribution < 1.29 is 4.52 Å². The molecule has 1 N–H and O–H groups in total. The molecule has 0 unspecified atom stereocenters. The van der Waals surface area contributed by atoms with Gasteiger partial charge in [-0.25, -0.2) is 0 Å². The van der Waals surface area contributed by atoms with Crippen LogP contribution in [0, 0.1) is 6.92 Å². The van der Waals surface area contributed by atoms with Crippen molar-refractivity contribution in [1.29, 1.82) is 0 Å². The molecule has 0 aliphatic carbocycles. The lowest BCUT2D eigenvalue weighted by Crippen LogP contribution is -2.43. The molecule has 0 atom stereocenters. The lowest BCUT2D eigenvalue weighted by Gasteiger charge is -2.26. The van der Waals surface area contributed by atoms with Crippen molar-refractivity contribution >= 4 is 16.8 Å². The van der Waals surface area contributed by atoms with Crippen molar-refractivity contribution in [2.75, 3.05) is 31.1 Å². The summed E-state index contributed by atoms with van der Waals surface area (Å²) >= 11 is 0. The highest BCUT2D eigenvalue weighted by molar-refractivity contribution is 5.90. The van der Waals surface area contributed by atoms with Crippen molar-refractivity contribution in [3.05, 3.63) is 23.8 Å². The quantitative estimate of drug-likeness (QED) is 0.786. The first-order valence-electron chi connectivity index (χ1n) is 5.67. The molecule has 84 valence electrons. The van der Waals surface area contributed by atoms with Crippen LogP contribution in [-0.4, -0.2) is 31.3 Å². The summed E-state index contributed by atoms with van der Waals surface area (Å²) in [6.45, 7) is 6.07. The normalized spacial score (nSPS) is 16.9. The Balaban J connectivity index is 2.06. The average Bonchev–Trinajstić information content (AvgIpc) is 2.75. The first-order valence-corrected chi connectivity index (χ1v) is 5.67. The van der Waals surface area contributed by atoms with E-state index >= 15 is 0 Å². The van der Waals surface area contributed by atoms with E-state index in [4.69, 9.17) is 4.52 Å². The van der Waals surface area contributed by atoms with Crippen LogP contribution in [0.5, 0.6) is 0 Å². The molecule has 1 aliphatic rings. The van der Waals surface area contributed by atoms with Crippen LogP contribution in [0.25, 0.3) is 11.0 Å². The maximum Gasteiger partial charge on any atom is 0.180 e. The van der Waals surface area contributed by atoms with E-state index in [0.29, 0.717) is 0 Å². The summed E-state index contributed by atoms with van der Waals surface area (Å²) < 4.78 is 5.42. The number of rotatable bonds is 1. The van der Waals surface area contributed by atoms with Crippen molar-refractivity contribution in [2.45, 2.75) is 6.92 Å². The van der Waals surface area contributed by atoms with Crippen molar-refractivity contribution in [2.24, 2.45) is 0 Å². The summed E-state index contributed by atoms with van der Waals surface area (Å²) in [5.41, 5.74) is 2.06. The van der Waals surface area contributed by atoms with Crippen molar-refractivity contribution in [3.63, 3.8) is 0 Å². The molecule has 1 aromatic heterocycles. The summed E-state index contributed by atoms with van der Waals surface area (Å²) in [6, 6.07) is 6.19. The third-order valence-corrected chi connectivity index (χ3v) is 3.09. The van der Waals surface area contributed by atoms with Crippen molar-refractivity contribution in [3.8, 4) is 0 Å². The molecule has 3 rings (SSSR count). The predicted octanol–water partition coefficient (Wildman–Crippen LogP) is 1.55. The minimum absolute atomic E-state index is 0.913. The van der Waals surface area contributed by atoms with E-state index in [1.165, 1.54) is 0 Å². The molecule has 1 saturated heterocycles. The van der Waals surface area contributed by atoms with Gasteiger partial charge in [0.25, 0.3) is 0 Å². The lowest BCUT2D eigenvalue weighted by atomic mass is 10.1. The Bertz CT molecular complexity index is 500. The second-order valence-electron chi connectivity index (χ2n) is 4.19. The third kappa shape index (κ3) is 1.46. The first kappa shape index (κ1) is 9.66. The van der Waals surface area contributed by atoms with E-state index in [0.717, 1.165) is 48.5 Å². The Morgan fingerprint density at radius 3 is 2.94 bits per heavy atom. The van der Waals surface area contributed by atoms with Gasteiger partial charge in [0.05, 0.1) is 5.39 Å². The fourth-order valence-corrected chi connectivity index (χ4v) is 2.19. The van der Waals surface area contributed by atoms with Crippen LogP contribution in [0.1, 0.15) is 5.56 Å². The van der Waals surface area contributed by atoms with Crippen LogP contribution in [0.2, 0.25) is 0 Å². The SMILES string of the molecule is Cc1cccc2c(N3CCNCC3)noc12. The Hall–Kier alpha value is -1.55. The van der Waals surface area contributed by atoms with Gasteiger partial charge in [0.15, 0.2) is 11.4 Å². The Morgan fingerprint density at radius 2 is 2.12 bits per heavy atom. The zero-order chi connectivity index (χ0) is 11.0. The smallest absolute Gasteiger partial charge is 0.180 e. The van der Waals surface area contributed by atoms with Gasteiger partial charge >= 0.3 is 0 Å². The van der Waals surface area contributed by atoms with Gasteiger partial charge in [-0.1, -0.05) is 17.3 Å². The fourth-order valence-electron chi connectivity index (χ4n) is 2.19. The van der Waals surface area contributed by atoms with Gasteiger partial charge in [-0.15, -0.1) is 0 Å². The molecular formula is C12H15N3O. The molecule has 4 nitrogen and oxygen atoms in total. The average molecular weight is 217 g/mol. The number of nitrogens with zero attached hydrogens (tertiary/aromatic N) is 2. The summed E-state index contributed by atoms with van der Waals surface area (Å²) in [5.74, 6) is 0.986. The van der Waals surface area contributed by atoms with Gasteiger partial charge in [0, 0.05) is 26.2 Å². The molecule has 0 amide bonds. The van der Waals surface area contributed by atoms with Gasteiger partial charge in [-0.05, 0) is 18.6 Å². The molecule has 16 heavy (non-hydrogen) atoms. The van der Waals surface area contributed by atoms with Crippen LogP contribution in [-0.2, 0) is 0 Å². The minimum Gasteiger partial charge on any atom is -0.354 e. The highest BCUT2D eigenvalue weighted by Crippen LogP contribution is 2.28. The monoisotopic (exact) mass is 217 g/mol. The molecule has 2 aromatic rings. The van der Waals surface area contributed by atoms with E-state index in [-0.39, 0.29) is 0 Å². The highest BCUT2D eigenvalue weighted by atomic mass is 16.5. The number of piperazine rings is 1. The molecule has 0 radical (unpaired) electrons. The summed E-state index contributed by atoms with van der Waals surface area (Å²) in [5, 5.41) is 8.67. The zero-order valence-corrected chi connectivity index (χ0v) is 9.36. The molecule has 2 heterocycles. The van der Waals surface area contributed by atoms with E-state index in [2.05, 4.69) is 40.5 Å². The summed E-state index contributed by atoms with van der Waals surface area (Å²) in [7, 11) is 0. The third-order valence-electron chi connectivity index (χ3n) is 3.09. The second kappa shape index (κ2) is 3.79. The minimum atomic E-state index is 0.913. The highest BCUT2D eigenvalue weighted by Gasteiger charge is 2.17. The maximum absolute atomic E-state index is 5.42. The molecule has 1 aliphatic heterocycles. The van der Waals surface area contributed by atoms with Gasteiger partial charge in [0.2, 0.25) is 0 Å². The predicted molar refractivity (Wildman–Crippen MR) is 63.8 cm³/mol. The van der Waals surface area contributed by atoms with E-state index in [1.807, 2.05) is 0 Å². The van der Waals surface area contributed by atoms with E-state index in [9.17, 15) is 0 Å². The van der Waals surface area contributed by atoms with Crippen LogP contribution in [0.3, 0.4) is 0 Å². The number of hydrogen-bond donors (Lipinski definition) is 1. The fraction of sp³-hybridized carbons (Fsp3) is 0.417. The summed E-state index contributed by atoms with van der Waals surface area (Å²) in [4.78, 5) is 2.28. The number of fused-ring (bicyclic) bond motifs is 1. The topological polar surface area (TPSA) is 41.3 Å². The standard InChI is InChI=1S/C12H15N3O/c1-9-3-2-4-10-11(9)16-14-12(10)15-7-5-13-6-8-15/h2-4,13H,5-8H2,1H3. The molecule has 4 heteroatoms. The van der Waals surface area contributed by atoms with Gasteiger partial charge < -0.3 is 14.7 Å². The Labute approximate surface area is 94.2 Å². The van der Waals surface area contributed by atoms with Gasteiger partial charge in [-0.3, -0.25) is 0 Å². The number of hydrogen-bond acceptors (Lipinski definition) is 4. The number of aryl methyl sites for hydroxylation is 1. The van der Waals surface area contributed by atoms with Crippen LogP contribution >= 0.6 is 0 Å². The molecule has 0 bridgehead atoms. The first-order chi connectivity index (χ1) is 7.86. The Morgan fingerprint density at radius 1 is 1.31 bits per heavy atom.